The summed E-state index contributed by atoms with van der Waals surface area (Å²) in [6.45, 7) is 2.67. The van der Waals surface area contributed by atoms with E-state index in [0.717, 1.165) is 30.7 Å². The molecule has 1 saturated heterocycles. The molecule has 2 heterocycles. The number of nitrogens with zero attached hydrogens (tertiary/aromatic N) is 1. The summed E-state index contributed by atoms with van der Waals surface area (Å²) in [4.78, 5) is 2.40. The fraction of sp³-hybridized carbons (Fsp3) is 0.538. The van der Waals surface area contributed by atoms with Crippen LogP contribution in [-0.4, -0.2) is 37.5 Å². The van der Waals surface area contributed by atoms with E-state index in [4.69, 9.17) is 4.74 Å². The molecule has 92 valence electrons. The van der Waals surface area contributed by atoms with Gasteiger partial charge in [-0.3, -0.25) is 0 Å². The third kappa shape index (κ3) is 1.98. The Morgan fingerprint density at radius 2 is 2.35 bits per heavy atom. The summed E-state index contributed by atoms with van der Waals surface area (Å²) in [7, 11) is 0. The summed E-state index contributed by atoms with van der Waals surface area (Å²) in [5.74, 6) is 0.295. The van der Waals surface area contributed by atoms with E-state index in [1.807, 2.05) is 0 Å². The normalized spacial score (nSPS) is 27.5. The number of aliphatic hydroxyl groups is 1. The Morgan fingerprint density at radius 1 is 1.47 bits per heavy atom. The van der Waals surface area contributed by atoms with Gasteiger partial charge in [-0.15, -0.1) is 0 Å². The SMILES string of the molecule is OCC1Cc2ccc(Br)cc2N2CCOCC12. The van der Waals surface area contributed by atoms with Crippen molar-refractivity contribution in [1.29, 1.82) is 0 Å². The van der Waals surface area contributed by atoms with E-state index in [1.165, 1.54) is 11.3 Å². The molecule has 3 nitrogen and oxygen atoms in total. The molecule has 0 aromatic heterocycles. The fourth-order valence-corrected chi connectivity index (χ4v) is 3.24. The minimum absolute atomic E-state index is 0.236. The van der Waals surface area contributed by atoms with E-state index in [0.29, 0.717) is 12.0 Å². The number of hydrogen-bond acceptors (Lipinski definition) is 3. The second kappa shape index (κ2) is 4.59. The van der Waals surface area contributed by atoms with Crippen molar-refractivity contribution in [2.24, 2.45) is 5.92 Å². The quantitative estimate of drug-likeness (QED) is 0.858. The van der Waals surface area contributed by atoms with Gasteiger partial charge in [-0.1, -0.05) is 22.0 Å². The number of aliphatic hydroxyl groups excluding tert-OH is 1. The van der Waals surface area contributed by atoms with Crippen molar-refractivity contribution >= 4 is 21.6 Å². The molecule has 4 heteroatoms. The molecule has 17 heavy (non-hydrogen) atoms. The van der Waals surface area contributed by atoms with Crippen LogP contribution in [0.1, 0.15) is 5.56 Å². The van der Waals surface area contributed by atoms with Gasteiger partial charge in [0, 0.05) is 29.2 Å². The molecule has 2 unspecified atom stereocenters. The molecule has 0 aliphatic carbocycles. The molecule has 1 aromatic rings. The van der Waals surface area contributed by atoms with Crippen LogP contribution in [-0.2, 0) is 11.2 Å². The van der Waals surface area contributed by atoms with Gasteiger partial charge in [0.05, 0.1) is 19.3 Å². The van der Waals surface area contributed by atoms with Crippen molar-refractivity contribution in [2.45, 2.75) is 12.5 Å². The Hall–Kier alpha value is -0.580. The largest absolute Gasteiger partial charge is 0.396 e. The van der Waals surface area contributed by atoms with E-state index < -0.39 is 0 Å². The average Bonchev–Trinajstić information content (AvgIpc) is 2.38. The maximum absolute atomic E-state index is 9.52. The van der Waals surface area contributed by atoms with Crippen molar-refractivity contribution < 1.29 is 9.84 Å². The molecular weight excluding hydrogens is 282 g/mol. The molecule has 1 aromatic carbocycles. The van der Waals surface area contributed by atoms with Crippen molar-refractivity contribution in [2.75, 3.05) is 31.3 Å². The fourth-order valence-electron chi connectivity index (χ4n) is 2.89. The van der Waals surface area contributed by atoms with Crippen LogP contribution in [0.5, 0.6) is 0 Å². The topological polar surface area (TPSA) is 32.7 Å². The zero-order valence-electron chi connectivity index (χ0n) is 9.60. The summed E-state index contributed by atoms with van der Waals surface area (Å²) in [6.07, 6.45) is 0.948. The predicted octanol–water partition coefficient (Wildman–Crippen LogP) is 1.82. The van der Waals surface area contributed by atoms with E-state index in [2.05, 4.69) is 39.0 Å². The molecule has 1 fully saturated rings. The molecular formula is C13H16BrNO2. The standard InChI is InChI=1S/C13H16BrNO2/c14-11-2-1-9-5-10(7-16)13-8-17-4-3-15(13)12(9)6-11/h1-2,6,10,13,16H,3-5,7-8H2. The van der Waals surface area contributed by atoms with Gasteiger partial charge in [-0.25, -0.2) is 0 Å². The number of morpholine rings is 1. The van der Waals surface area contributed by atoms with Crippen LogP contribution >= 0.6 is 15.9 Å². The van der Waals surface area contributed by atoms with Crippen molar-refractivity contribution in [3.8, 4) is 0 Å². The van der Waals surface area contributed by atoms with Crippen molar-refractivity contribution in [3.05, 3.63) is 28.2 Å². The summed E-state index contributed by atoms with van der Waals surface area (Å²) in [5.41, 5.74) is 2.64. The highest BCUT2D eigenvalue weighted by atomic mass is 79.9. The number of fused-ring (bicyclic) bond motifs is 3. The Labute approximate surface area is 110 Å². The highest BCUT2D eigenvalue weighted by Gasteiger charge is 2.35. The van der Waals surface area contributed by atoms with Crippen LogP contribution in [0.15, 0.2) is 22.7 Å². The molecule has 2 aliphatic rings. The summed E-state index contributed by atoms with van der Waals surface area (Å²) < 4.78 is 6.67. The number of ether oxygens (including phenoxy) is 1. The lowest BCUT2D eigenvalue weighted by atomic mass is 9.86. The van der Waals surface area contributed by atoms with Gasteiger partial charge in [0.1, 0.15) is 0 Å². The Kier molecular flexibility index (Phi) is 3.11. The zero-order valence-corrected chi connectivity index (χ0v) is 11.2. The van der Waals surface area contributed by atoms with Gasteiger partial charge in [0.15, 0.2) is 0 Å². The maximum Gasteiger partial charge on any atom is 0.0674 e. The molecule has 0 amide bonds. The highest BCUT2D eigenvalue weighted by Crippen LogP contribution is 2.36. The van der Waals surface area contributed by atoms with Crippen LogP contribution in [0.25, 0.3) is 0 Å². The van der Waals surface area contributed by atoms with E-state index in [1.54, 1.807) is 0 Å². The van der Waals surface area contributed by atoms with Gasteiger partial charge in [0.25, 0.3) is 0 Å². The number of rotatable bonds is 1. The third-order valence-corrected chi connectivity index (χ3v) is 4.28. The lowest BCUT2D eigenvalue weighted by molar-refractivity contribution is 0.0573. The minimum Gasteiger partial charge on any atom is -0.396 e. The lowest BCUT2D eigenvalue weighted by Crippen LogP contribution is -2.53. The van der Waals surface area contributed by atoms with E-state index in [9.17, 15) is 5.11 Å². The van der Waals surface area contributed by atoms with Gasteiger partial charge < -0.3 is 14.7 Å². The Balaban J connectivity index is 2.02. The average molecular weight is 298 g/mol. The van der Waals surface area contributed by atoms with Crippen LogP contribution in [0.4, 0.5) is 5.69 Å². The first-order valence-electron chi connectivity index (χ1n) is 6.03. The number of halogens is 1. The Bertz CT molecular complexity index is 424. The minimum atomic E-state index is 0.236. The van der Waals surface area contributed by atoms with Crippen LogP contribution < -0.4 is 4.90 Å². The van der Waals surface area contributed by atoms with E-state index >= 15 is 0 Å². The van der Waals surface area contributed by atoms with E-state index in [-0.39, 0.29) is 6.61 Å². The monoisotopic (exact) mass is 297 g/mol. The molecule has 0 spiro atoms. The third-order valence-electron chi connectivity index (χ3n) is 3.78. The first-order chi connectivity index (χ1) is 8.29. The van der Waals surface area contributed by atoms with Crippen molar-refractivity contribution in [3.63, 3.8) is 0 Å². The Morgan fingerprint density at radius 3 is 3.18 bits per heavy atom. The molecule has 0 bridgehead atoms. The van der Waals surface area contributed by atoms with Gasteiger partial charge in [-0.2, -0.15) is 0 Å². The smallest absolute Gasteiger partial charge is 0.0674 e. The van der Waals surface area contributed by atoms with Crippen LogP contribution in [0.3, 0.4) is 0 Å². The lowest BCUT2D eigenvalue weighted by Gasteiger charge is -2.45. The van der Waals surface area contributed by atoms with Gasteiger partial charge in [-0.05, 0) is 24.1 Å². The second-order valence-corrected chi connectivity index (χ2v) is 5.67. The zero-order chi connectivity index (χ0) is 11.8. The molecule has 3 rings (SSSR count). The molecule has 1 N–H and O–H groups in total. The summed E-state index contributed by atoms with van der Waals surface area (Å²) in [6, 6.07) is 6.75. The summed E-state index contributed by atoms with van der Waals surface area (Å²) >= 11 is 3.53. The highest BCUT2D eigenvalue weighted by molar-refractivity contribution is 9.10. The molecule has 2 aliphatic heterocycles. The van der Waals surface area contributed by atoms with Crippen LogP contribution in [0, 0.1) is 5.92 Å². The molecule has 0 saturated carbocycles. The van der Waals surface area contributed by atoms with Gasteiger partial charge in [0.2, 0.25) is 0 Å². The van der Waals surface area contributed by atoms with Crippen molar-refractivity contribution in [1.82, 2.24) is 0 Å². The first kappa shape index (κ1) is 11.5. The maximum atomic E-state index is 9.52. The second-order valence-electron chi connectivity index (χ2n) is 4.76. The predicted molar refractivity (Wildman–Crippen MR) is 70.4 cm³/mol. The van der Waals surface area contributed by atoms with Gasteiger partial charge >= 0.3 is 0 Å². The number of benzene rings is 1. The molecule has 2 atom stereocenters. The van der Waals surface area contributed by atoms with Crippen LogP contribution in [0.2, 0.25) is 0 Å². The number of hydrogen-bond donors (Lipinski definition) is 1. The summed E-state index contributed by atoms with van der Waals surface area (Å²) in [5, 5.41) is 9.52. The first-order valence-corrected chi connectivity index (χ1v) is 6.82. The number of anilines is 1. The molecule has 0 radical (unpaired) electrons.